The second kappa shape index (κ2) is 8.61. The van der Waals surface area contributed by atoms with Crippen molar-refractivity contribution >= 4 is 78.1 Å². The van der Waals surface area contributed by atoms with E-state index in [1.54, 1.807) is 0 Å². The summed E-state index contributed by atoms with van der Waals surface area (Å²) >= 11 is 28.8. The Hall–Kier alpha value is -0.290. The summed E-state index contributed by atoms with van der Waals surface area (Å²) in [6.07, 6.45) is -1.80. The largest absolute Gasteiger partial charge is 0.242 e. The second-order valence-electron chi connectivity index (χ2n) is 5.13. The molecule has 2 aromatic carbocycles. The van der Waals surface area contributed by atoms with Gasteiger partial charge in [0.2, 0.25) is 23.8 Å². The van der Waals surface area contributed by atoms with Gasteiger partial charge in [0, 0.05) is 10.0 Å². The Kier molecular flexibility index (Phi) is 7.33. The van der Waals surface area contributed by atoms with E-state index in [2.05, 4.69) is 0 Å². The molecule has 0 fully saturated rings. The number of hydrogen-bond acceptors (Lipinski definition) is 4. The lowest BCUT2D eigenvalue weighted by molar-refractivity contribution is 0.519. The van der Waals surface area contributed by atoms with Gasteiger partial charge in [0.1, 0.15) is 6.17 Å². The maximum absolute atomic E-state index is 12.5. The Morgan fingerprint density at radius 3 is 1.22 bits per heavy atom. The molecule has 0 aliphatic rings. The molecule has 2 N–H and O–H groups in total. The predicted molar refractivity (Wildman–Crippen MR) is 108 cm³/mol. The highest BCUT2D eigenvalue weighted by atomic mass is 35.6. The van der Waals surface area contributed by atoms with E-state index in [9.17, 15) is 16.8 Å². The smallest absolute Gasteiger partial charge is 0.207 e. The minimum atomic E-state index is -4.23. The SMILES string of the molecule is O=S(=O)(NC(NS(=O)(=O)c1ccc(Cl)cc1)C(Cl)(Cl)Cl)c1ccc(Cl)cc1. The molecule has 6 nitrogen and oxygen atoms in total. The van der Waals surface area contributed by atoms with Gasteiger partial charge in [0.15, 0.2) is 0 Å². The van der Waals surface area contributed by atoms with E-state index in [1.165, 1.54) is 48.5 Å². The van der Waals surface area contributed by atoms with Gasteiger partial charge in [-0.05, 0) is 48.5 Å². The van der Waals surface area contributed by atoms with Gasteiger partial charge in [0.05, 0.1) is 9.79 Å². The molecule has 0 saturated carbocycles. The van der Waals surface area contributed by atoms with Crippen LogP contribution in [0.25, 0.3) is 0 Å². The first-order valence-electron chi connectivity index (χ1n) is 6.94. The number of benzene rings is 2. The Bertz CT molecular complexity index is 927. The Morgan fingerprint density at radius 1 is 0.667 bits per heavy atom. The van der Waals surface area contributed by atoms with Crippen molar-refractivity contribution in [2.45, 2.75) is 19.7 Å². The van der Waals surface area contributed by atoms with Crippen LogP contribution in [0.15, 0.2) is 58.3 Å². The molecule has 0 bridgehead atoms. The number of nitrogens with one attached hydrogen (secondary N) is 2. The average molecular weight is 513 g/mol. The van der Waals surface area contributed by atoms with Crippen molar-refractivity contribution in [1.29, 1.82) is 0 Å². The molecule has 0 atom stereocenters. The van der Waals surface area contributed by atoms with Crippen molar-refractivity contribution in [3.63, 3.8) is 0 Å². The summed E-state index contributed by atoms with van der Waals surface area (Å²) in [5.74, 6) is 0. The molecule has 0 radical (unpaired) electrons. The molecular weight excluding hydrogens is 502 g/mol. The molecule has 13 heteroatoms. The lowest BCUT2D eigenvalue weighted by atomic mass is 10.4. The molecular formula is C14H11Cl5N2O4S2. The zero-order valence-electron chi connectivity index (χ0n) is 13.0. The van der Waals surface area contributed by atoms with Gasteiger partial charge < -0.3 is 0 Å². The topological polar surface area (TPSA) is 92.3 Å². The summed E-state index contributed by atoms with van der Waals surface area (Å²) < 4.78 is 51.7. The number of alkyl halides is 3. The average Bonchev–Trinajstić information content (AvgIpc) is 2.54. The summed E-state index contributed by atoms with van der Waals surface area (Å²) in [5, 5.41) is 0.630. The Morgan fingerprint density at radius 2 is 0.963 bits per heavy atom. The molecule has 0 aliphatic carbocycles. The van der Waals surface area contributed by atoms with Gasteiger partial charge in [-0.2, -0.15) is 9.44 Å². The monoisotopic (exact) mass is 510 g/mol. The van der Waals surface area contributed by atoms with Crippen LogP contribution in [0.4, 0.5) is 0 Å². The summed E-state index contributed by atoms with van der Waals surface area (Å²) in [6, 6.07) is 10.2. The van der Waals surface area contributed by atoms with Crippen LogP contribution >= 0.6 is 58.0 Å². The third kappa shape index (κ3) is 6.35. The molecule has 27 heavy (non-hydrogen) atoms. The highest BCUT2D eigenvalue weighted by Crippen LogP contribution is 2.31. The third-order valence-electron chi connectivity index (χ3n) is 3.12. The lowest BCUT2D eigenvalue weighted by Crippen LogP contribution is -2.54. The quantitative estimate of drug-likeness (QED) is 0.453. The van der Waals surface area contributed by atoms with Crippen LogP contribution in [0.5, 0.6) is 0 Å². The van der Waals surface area contributed by atoms with Crippen molar-refractivity contribution in [1.82, 2.24) is 9.44 Å². The molecule has 0 unspecified atom stereocenters. The molecule has 148 valence electrons. The predicted octanol–water partition coefficient (Wildman–Crippen LogP) is 3.95. The van der Waals surface area contributed by atoms with Crippen LogP contribution in [0, 0.1) is 0 Å². The van der Waals surface area contributed by atoms with E-state index in [4.69, 9.17) is 58.0 Å². The summed E-state index contributed by atoms with van der Waals surface area (Å²) in [6.45, 7) is 0. The normalized spacial score (nSPS) is 13.1. The lowest BCUT2D eigenvalue weighted by Gasteiger charge is -2.26. The first-order valence-corrected chi connectivity index (χ1v) is 11.8. The van der Waals surface area contributed by atoms with Crippen LogP contribution in [0.1, 0.15) is 0 Å². The summed E-state index contributed by atoms with van der Waals surface area (Å²) in [7, 11) is -8.46. The van der Waals surface area contributed by atoms with Crippen LogP contribution < -0.4 is 9.44 Å². The number of rotatable bonds is 6. The van der Waals surface area contributed by atoms with Crippen molar-refractivity contribution in [3.05, 3.63) is 58.6 Å². The minimum Gasteiger partial charge on any atom is -0.207 e. The highest BCUT2D eigenvalue weighted by Gasteiger charge is 2.39. The minimum absolute atomic E-state index is 0.197. The molecule has 2 aromatic rings. The van der Waals surface area contributed by atoms with Crippen LogP contribution in [-0.2, 0) is 20.0 Å². The van der Waals surface area contributed by atoms with Gasteiger partial charge in [-0.1, -0.05) is 58.0 Å². The molecule has 0 aromatic heterocycles. The molecule has 0 spiro atoms. The fourth-order valence-electron chi connectivity index (χ4n) is 1.83. The maximum atomic E-state index is 12.5. The van der Waals surface area contributed by atoms with Gasteiger partial charge in [0.25, 0.3) is 0 Å². The standard InChI is InChI=1S/C14H11Cl5N2O4S2/c15-9-1-5-11(6-2-9)26(22,23)20-13(14(17,18)19)21-27(24,25)12-7-3-10(16)4-8-12/h1-8,13,20-21H. The summed E-state index contributed by atoms with van der Waals surface area (Å²) in [4.78, 5) is -0.395. The van der Waals surface area contributed by atoms with E-state index in [-0.39, 0.29) is 9.79 Å². The van der Waals surface area contributed by atoms with Crippen molar-refractivity contribution in [2.24, 2.45) is 0 Å². The second-order valence-corrected chi connectivity index (χ2v) is 11.8. The highest BCUT2D eigenvalue weighted by molar-refractivity contribution is 7.90. The van der Waals surface area contributed by atoms with E-state index in [1.807, 2.05) is 9.44 Å². The Balaban J connectivity index is 2.33. The zero-order chi connectivity index (χ0) is 20.5. The molecule has 0 heterocycles. The molecule has 0 amide bonds. The number of hydrogen-bond donors (Lipinski definition) is 2. The van der Waals surface area contributed by atoms with Gasteiger partial charge >= 0.3 is 0 Å². The van der Waals surface area contributed by atoms with Crippen molar-refractivity contribution < 1.29 is 16.8 Å². The molecule has 2 rings (SSSR count). The number of sulfonamides is 2. The fraction of sp³-hybridized carbons (Fsp3) is 0.143. The molecule has 0 aliphatic heterocycles. The van der Waals surface area contributed by atoms with Crippen molar-refractivity contribution in [3.8, 4) is 0 Å². The van der Waals surface area contributed by atoms with Gasteiger partial charge in [-0.3, -0.25) is 0 Å². The van der Waals surface area contributed by atoms with Gasteiger partial charge in [-0.15, -0.1) is 0 Å². The van der Waals surface area contributed by atoms with Crippen LogP contribution in [0.3, 0.4) is 0 Å². The third-order valence-corrected chi connectivity index (χ3v) is 7.16. The first-order chi connectivity index (χ1) is 12.3. The van der Waals surface area contributed by atoms with E-state index >= 15 is 0 Å². The number of halogens is 5. The first kappa shape index (κ1) is 23.0. The maximum Gasteiger partial charge on any atom is 0.242 e. The summed E-state index contributed by atoms with van der Waals surface area (Å²) in [5.41, 5.74) is 0. The van der Waals surface area contributed by atoms with Crippen LogP contribution in [-0.4, -0.2) is 26.8 Å². The van der Waals surface area contributed by atoms with E-state index < -0.39 is 30.0 Å². The molecule has 0 saturated heterocycles. The zero-order valence-corrected chi connectivity index (χ0v) is 18.4. The fourth-order valence-corrected chi connectivity index (χ4v) is 5.23. The van der Waals surface area contributed by atoms with Crippen molar-refractivity contribution in [2.75, 3.05) is 0 Å². The van der Waals surface area contributed by atoms with Gasteiger partial charge in [-0.25, -0.2) is 16.8 Å². The van der Waals surface area contributed by atoms with E-state index in [0.29, 0.717) is 10.0 Å². The Labute approximate surface area is 181 Å². The van der Waals surface area contributed by atoms with Crippen LogP contribution in [0.2, 0.25) is 10.0 Å². The van der Waals surface area contributed by atoms with E-state index in [0.717, 1.165) is 0 Å².